The molecule has 0 aromatic carbocycles. The molecule has 0 bridgehead atoms. The fraction of sp³-hybridized carbons (Fsp3) is 0.588. The van der Waals surface area contributed by atoms with Gasteiger partial charge < -0.3 is 14.4 Å². The van der Waals surface area contributed by atoms with Crippen LogP contribution in [0, 0.1) is 12.3 Å². The number of carbonyl (C=O) groups excluding carboxylic acids is 1. The van der Waals surface area contributed by atoms with Crippen molar-refractivity contribution in [2.75, 3.05) is 13.7 Å². The van der Waals surface area contributed by atoms with Crippen molar-refractivity contribution in [3.63, 3.8) is 0 Å². The van der Waals surface area contributed by atoms with Crippen molar-refractivity contribution in [3.05, 3.63) is 23.8 Å². The molecular formula is C17H26N4O3. The molecule has 0 spiro atoms. The molecule has 1 amide bonds. The van der Waals surface area contributed by atoms with Gasteiger partial charge in [0.1, 0.15) is 0 Å². The van der Waals surface area contributed by atoms with Gasteiger partial charge in [-0.1, -0.05) is 20.8 Å². The SMILES string of the molecule is Cc1nc(-c2cnn(C)c2)oc1C(=O)N(C)C(CO)CC(C)(C)C. The number of hydrogen-bond donors (Lipinski definition) is 1. The van der Waals surface area contributed by atoms with Crippen molar-refractivity contribution >= 4 is 5.91 Å². The highest BCUT2D eigenvalue weighted by molar-refractivity contribution is 5.93. The highest BCUT2D eigenvalue weighted by Crippen LogP contribution is 2.26. The lowest BCUT2D eigenvalue weighted by atomic mass is 9.88. The molecular weight excluding hydrogens is 308 g/mol. The Kier molecular flexibility index (Phi) is 5.13. The van der Waals surface area contributed by atoms with Crippen LogP contribution in [0.4, 0.5) is 0 Å². The number of aliphatic hydroxyl groups is 1. The van der Waals surface area contributed by atoms with Crippen LogP contribution >= 0.6 is 0 Å². The van der Waals surface area contributed by atoms with Crippen LogP contribution in [0.3, 0.4) is 0 Å². The van der Waals surface area contributed by atoms with Crippen LogP contribution in [-0.4, -0.2) is 50.4 Å². The minimum Gasteiger partial charge on any atom is -0.431 e. The lowest BCUT2D eigenvalue weighted by Crippen LogP contribution is -2.41. The molecule has 132 valence electrons. The number of rotatable bonds is 5. The topological polar surface area (TPSA) is 84.4 Å². The molecule has 1 unspecified atom stereocenters. The van der Waals surface area contributed by atoms with E-state index in [0.29, 0.717) is 18.0 Å². The number of hydrogen-bond acceptors (Lipinski definition) is 5. The minimum absolute atomic E-state index is 0.000730. The molecule has 0 radical (unpaired) electrons. The monoisotopic (exact) mass is 334 g/mol. The van der Waals surface area contributed by atoms with Gasteiger partial charge in [-0.05, 0) is 18.8 Å². The summed E-state index contributed by atoms with van der Waals surface area (Å²) in [6, 6.07) is -0.274. The lowest BCUT2D eigenvalue weighted by Gasteiger charge is -2.31. The number of aromatic nitrogens is 3. The van der Waals surface area contributed by atoms with Gasteiger partial charge in [0.05, 0.1) is 30.1 Å². The van der Waals surface area contributed by atoms with E-state index in [9.17, 15) is 9.90 Å². The molecule has 24 heavy (non-hydrogen) atoms. The predicted octanol–water partition coefficient (Wildman–Crippen LogP) is 2.25. The van der Waals surface area contributed by atoms with Crippen LogP contribution in [0.25, 0.3) is 11.5 Å². The maximum atomic E-state index is 12.8. The van der Waals surface area contributed by atoms with Crippen LogP contribution in [0.1, 0.15) is 43.4 Å². The quantitative estimate of drug-likeness (QED) is 0.906. The van der Waals surface area contributed by atoms with Gasteiger partial charge >= 0.3 is 0 Å². The van der Waals surface area contributed by atoms with Gasteiger partial charge in [-0.3, -0.25) is 9.48 Å². The maximum Gasteiger partial charge on any atom is 0.291 e. The molecule has 7 nitrogen and oxygen atoms in total. The average molecular weight is 334 g/mol. The second kappa shape index (κ2) is 6.76. The summed E-state index contributed by atoms with van der Waals surface area (Å²) in [5, 5.41) is 13.7. The first-order chi connectivity index (χ1) is 11.1. The zero-order valence-corrected chi connectivity index (χ0v) is 15.2. The molecule has 0 aliphatic carbocycles. The van der Waals surface area contributed by atoms with Crippen molar-refractivity contribution in [2.45, 2.75) is 40.2 Å². The van der Waals surface area contributed by atoms with E-state index >= 15 is 0 Å². The van der Waals surface area contributed by atoms with Gasteiger partial charge in [0.15, 0.2) is 0 Å². The van der Waals surface area contributed by atoms with Gasteiger partial charge in [0.2, 0.25) is 11.7 Å². The Hall–Kier alpha value is -2.15. The third-order valence-electron chi connectivity index (χ3n) is 3.87. The molecule has 0 saturated carbocycles. The molecule has 7 heteroatoms. The summed E-state index contributed by atoms with van der Waals surface area (Å²) in [5.74, 6) is 0.288. The van der Waals surface area contributed by atoms with Crippen LogP contribution in [0.15, 0.2) is 16.8 Å². The van der Waals surface area contributed by atoms with Gasteiger partial charge in [0.25, 0.3) is 5.91 Å². The maximum absolute atomic E-state index is 12.8. The number of nitrogens with zero attached hydrogens (tertiary/aromatic N) is 4. The molecule has 1 N–H and O–H groups in total. The zero-order valence-electron chi connectivity index (χ0n) is 15.2. The Morgan fingerprint density at radius 2 is 2.12 bits per heavy atom. The summed E-state index contributed by atoms with van der Waals surface area (Å²) in [5.41, 5.74) is 1.24. The molecule has 2 rings (SSSR count). The normalized spacial score (nSPS) is 13.1. The fourth-order valence-electron chi connectivity index (χ4n) is 2.61. The molecule has 2 aromatic rings. The summed E-state index contributed by atoms with van der Waals surface area (Å²) >= 11 is 0. The molecule has 0 fully saturated rings. The second-order valence-electron chi connectivity index (χ2n) is 7.35. The standard InChI is InChI=1S/C17H26N4O3/c1-11-14(24-15(19-11)12-8-18-20(5)9-12)16(23)21(6)13(10-22)7-17(2,3)4/h8-9,13,22H,7,10H2,1-6H3. The molecule has 0 aliphatic rings. The number of likely N-dealkylation sites (N-methyl/N-ethyl adjacent to an activating group) is 1. The third-order valence-corrected chi connectivity index (χ3v) is 3.87. The highest BCUT2D eigenvalue weighted by Gasteiger charge is 2.29. The van der Waals surface area contributed by atoms with Gasteiger partial charge in [-0.2, -0.15) is 5.10 Å². The summed E-state index contributed by atoms with van der Waals surface area (Å²) in [4.78, 5) is 18.6. The van der Waals surface area contributed by atoms with Crippen LogP contribution in [0.2, 0.25) is 0 Å². The first kappa shape index (κ1) is 18.2. The van der Waals surface area contributed by atoms with Gasteiger partial charge in [-0.25, -0.2) is 4.98 Å². The second-order valence-corrected chi connectivity index (χ2v) is 7.35. The summed E-state index contributed by atoms with van der Waals surface area (Å²) in [6.07, 6.45) is 4.10. The molecule has 0 aliphatic heterocycles. The molecule has 2 heterocycles. The van der Waals surface area contributed by atoms with E-state index in [1.165, 1.54) is 4.90 Å². The molecule has 1 atom stereocenters. The van der Waals surface area contributed by atoms with Gasteiger partial charge in [-0.15, -0.1) is 0 Å². The fourth-order valence-corrected chi connectivity index (χ4v) is 2.61. The van der Waals surface area contributed by atoms with Crippen molar-refractivity contribution in [1.29, 1.82) is 0 Å². The van der Waals surface area contributed by atoms with E-state index in [4.69, 9.17) is 4.42 Å². The van der Waals surface area contributed by atoms with Crippen molar-refractivity contribution in [1.82, 2.24) is 19.7 Å². The number of amides is 1. The molecule has 2 aromatic heterocycles. The first-order valence-corrected chi connectivity index (χ1v) is 7.97. The minimum atomic E-state index is -0.279. The zero-order chi connectivity index (χ0) is 18.1. The van der Waals surface area contributed by atoms with E-state index < -0.39 is 0 Å². The van der Waals surface area contributed by atoms with Crippen molar-refractivity contribution in [2.24, 2.45) is 12.5 Å². The summed E-state index contributed by atoms with van der Waals surface area (Å²) in [7, 11) is 3.48. The Morgan fingerprint density at radius 3 is 2.62 bits per heavy atom. The smallest absolute Gasteiger partial charge is 0.291 e. The highest BCUT2D eigenvalue weighted by atomic mass is 16.4. The number of aliphatic hydroxyl groups excluding tert-OH is 1. The Balaban J connectivity index is 2.24. The number of oxazole rings is 1. The predicted molar refractivity (Wildman–Crippen MR) is 90.5 cm³/mol. The van der Waals surface area contributed by atoms with E-state index in [1.54, 1.807) is 38.1 Å². The Bertz CT molecular complexity index is 712. The lowest BCUT2D eigenvalue weighted by molar-refractivity contribution is 0.0564. The molecule has 0 saturated heterocycles. The van der Waals surface area contributed by atoms with Crippen molar-refractivity contribution < 1.29 is 14.3 Å². The number of aryl methyl sites for hydroxylation is 2. The summed E-state index contributed by atoms with van der Waals surface area (Å²) < 4.78 is 7.33. The van der Waals surface area contributed by atoms with Gasteiger partial charge in [0, 0.05) is 20.3 Å². The average Bonchev–Trinajstić information content (AvgIpc) is 3.08. The number of carbonyl (C=O) groups is 1. The third kappa shape index (κ3) is 4.03. The van der Waals surface area contributed by atoms with Crippen molar-refractivity contribution in [3.8, 4) is 11.5 Å². The van der Waals surface area contributed by atoms with Crippen LogP contribution in [0.5, 0.6) is 0 Å². The Morgan fingerprint density at radius 1 is 1.46 bits per heavy atom. The largest absolute Gasteiger partial charge is 0.431 e. The van der Waals surface area contributed by atoms with E-state index in [-0.39, 0.29) is 29.7 Å². The van der Waals surface area contributed by atoms with E-state index in [1.807, 2.05) is 0 Å². The summed E-state index contributed by atoms with van der Waals surface area (Å²) in [6.45, 7) is 7.88. The first-order valence-electron chi connectivity index (χ1n) is 7.97. The Labute approximate surface area is 142 Å². The van der Waals surface area contributed by atoms with Crippen LogP contribution < -0.4 is 0 Å². The van der Waals surface area contributed by atoms with E-state index in [0.717, 1.165) is 5.56 Å². The van der Waals surface area contributed by atoms with E-state index in [2.05, 4.69) is 30.9 Å². The van der Waals surface area contributed by atoms with Crippen LogP contribution in [-0.2, 0) is 7.05 Å².